The molecule has 22 heavy (non-hydrogen) atoms. The molecule has 1 amide bonds. The highest BCUT2D eigenvalue weighted by Gasteiger charge is 2.21. The van der Waals surface area contributed by atoms with Gasteiger partial charge in [-0.15, -0.1) is 0 Å². The van der Waals surface area contributed by atoms with Gasteiger partial charge in [0.15, 0.2) is 10.9 Å². The molecular formula is C16H17NO4S. The Bertz CT molecular complexity index is 639. The fourth-order valence-corrected chi connectivity index (χ4v) is 2.40. The van der Waals surface area contributed by atoms with Crippen LogP contribution in [0.25, 0.3) is 0 Å². The summed E-state index contributed by atoms with van der Waals surface area (Å²) in [6.45, 7) is -0.0224. The maximum Gasteiger partial charge on any atom is 0.323 e. The zero-order valence-corrected chi connectivity index (χ0v) is 13.0. The summed E-state index contributed by atoms with van der Waals surface area (Å²) in [5.74, 6) is -1.28. The smallest absolute Gasteiger partial charge is 0.323 e. The summed E-state index contributed by atoms with van der Waals surface area (Å²) in [5.41, 5.74) is 1.05. The first-order chi connectivity index (χ1) is 10.6. The van der Waals surface area contributed by atoms with Gasteiger partial charge >= 0.3 is 5.97 Å². The van der Waals surface area contributed by atoms with Crippen molar-refractivity contribution in [2.45, 2.75) is 11.5 Å². The standard InChI is InChI=1S/C16H17NO4S/c1-22-15-8-7-13(21-15)16(20)17(11-14(18)19)10-9-12-5-3-2-4-6-12/h2-8H,9-11H2,1H3,(H,18,19). The zero-order chi connectivity index (χ0) is 15.9. The second kappa shape index (κ2) is 7.70. The first-order valence-corrected chi connectivity index (χ1v) is 8.01. The monoisotopic (exact) mass is 319 g/mol. The van der Waals surface area contributed by atoms with Gasteiger partial charge in [0.25, 0.3) is 5.91 Å². The van der Waals surface area contributed by atoms with Crippen molar-refractivity contribution in [2.24, 2.45) is 0 Å². The molecule has 5 nitrogen and oxygen atoms in total. The van der Waals surface area contributed by atoms with Gasteiger partial charge in [0, 0.05) is 6.54 Å². The largest absolute Gasteiger partial charge is 0.480 e. The Labute approximate surface area is 132 Å². The van der Waals surface area contributed by atoms with E-state index in [0.29, 0.717) is 18.1 Å². The third kappa shape index (κ3) is 4.39. The van der Waals surface area contributed by atoms with Gasteiger partial charge in [-0.3, -0.25) is 9.59 Å². The van der Waals surface area contributed by atoms with E-state index in [1.165, 1.54) is 16.7 Å². The number of furan rings is 1. The van der Waals surface area contributed by atoms with Crippen molar-refractivity contribution >= 4 is 23.6 Å². The van der Waals surface area contributed by atoms with Crippen LogP contribution in [0.5, 0.6) is 0 Å². The number of carboxylic acids is 1. The molecule has 2 aromatic rings. The van der Waals surface area contributed by atoms with Crippen molar-refractivity contribution in [1.82, 2.24) is 4.90 Å². The molecule has 0 aliphatic heterocycles. The van der Waals surface area contributed by atoms with E-state index in [1.807, 2.05) is 36.6 Å². The number of amides is 1. The minimum absolute atomic E-state index is 0.165. The molecule has 2 rings (SSSR count). The zero-order valence-electron chi connectivity index (χ0n) is 12.2. The fraction of sp³-hybridized carbons (Fsp3) is 0.250. The molecule has 6 heteroatoms. The van der Waals surface area contributed by atoms with Crippen LogP contribution in [-0.2, 0) is 11.2 Å². The molecule has 1 heterocycles. The van der Waals surface area contributed by atoms with Crippen LogP contribution in [-0.4, -0.2) is 41.2 Å². The average Bonchev–Trinajstić information content (AvgIpc) is 3.00. The predicted molar refractivity (Wildman–Crippen MR) is 84.2 cm³/mol. The Morgan fingerprint density at radius 3 is 2.50 bits per heavy atom. The minimum Gasteiger partial charge on any atom is -0.480 e. The molecule has 0 atom stereocenters. The van der Waals surface area contributed by atoms with E-state index < -0.39 is 11.9 Å². The van der Waals surface area contributed by atoms with Crippen molar-refractivity contribution in [3.05, 3.63) is 53.8 Å². The van der Waals surface area contributed by atoms with Crippen LogP contribution in [0.15, 0.2) is 52.0 Å². The lowest BCUT2D eigenvalue weighted by atomic mass is 10.1. The van der Waals surface area contributed by atoms with Crippen molar-refractivity contribution in [3.8, 4) is 0 Å². The van der Waals surface area contributed by atoms with Gasteiger partial charge in [0.2, 0.25) is 0 Å². The van der Waals surface area contributed by atoms with Crippen LogP contribution in [0.3, 0.4) is 0 Å². The van der Waals surface area contributed by atoms with E-state index in [4.69, 9.17) is 9.52 Å². The highest BCUT2D eigenvalue weighted by atomic mass is 32.2. The maximum absolute atomic E-state index is 12.4. The summed E-state index contributed by atoms with van der Waals surface area (Å²) in [4.78, 5) is 24.7. The Hall–Kier alpha value is -2.21. The second-order valence-electron chi connectivity index (χ2n) is 4.68. The molecule has 0 saturated heterocycles. The topological polar surface area (TPSA) is 70.8 Å². The van der Waals surface area contributed by atoms with Crippen LogP contribution >= 0.6 is 11.8 Å². The Morgan fingerprint density at radius 1 is 1.18 bits per heavy atom. The van der Waals surface area contributed by atoms with Crippen molar-refractivity contribution in [1.29, 1.82) is 0 Å². The molecule has 0 unspecified atom stereocenters. The first-order valence-electron chi connectivity index (χ1n) is 6.79. The lowest BCUT2D eigenvalue weighted by Gasteiger charge is -2.19. The normalized spacial score (nSPS) is 10.4. The number of carboxylic acid groups (broad SMARTS) is 1. The number of carbonyl (C=O) groups is 2. The molecule has 1 N–H and O–H groups in total. The maximum atomic E-state index is 12.4. The average molecular weight is 319 g/mol. The first kappa shape index (κ1) is 16.2. The molecule has 1 aromatic heterocycles. The third-order valence-electron chi connectivity index (χ3n) is 3.12. The Morgan fingerprint density at radius 2 is 1.91 bits per heavy atom. The van der Waals surface area contributed by atoms with Crippen molar-refractivity contribution in [2.75, 3.05) is 19.3 Å². The van der Waals surface area contributed by atoms with Gasteiger partial charge in [-0.05, 0) is 30.4 Å². The van der Waals surface area contributed by atoms with Crippen LogP contribution in [0, 0.1) is 0 Å². The SMILES string of the molecule is CSc1ccc(C(=O)N(CCc2ccccc2)CC(=O)O)o1. The summed E-state index contributed by atoms with van der Waals surface area (Å²) in [7, 11) is 0. The number of hydrogen-bond acceptors (Lipinski definition) is 4. The van der Waals surface area contributed by atoms with E-state index in [-0.39, 0.29) is 12.3 Å². The van der Waals surface area contributed by atoms with E-state index in [9.17, 15) is 9.59 Å². The van der Waals surface area contributed by atoms with Crippen LogP contribution in [0.4, 0.5) is 0 Å². The van der Waals surface area contributed by atoms with Gasteiger partial charge in [-0.2, -0.15) is 0 Å². The quantitative estimate of drug-likeness (QED) is 0.795. The molecule has 0 spiro atoms. The van der Waals surface area contributed by atoms with E-state index >= 15 is 0 Å². The number of carbonyl (C=O) groups excluding carboxylic acids is 1. The number of rotatable bonds is 7. The van der Waals surface area contributed by atoms with Crippen LogP contribution in [0.1, 0.15) is 16.1 Å². The summed E-state index contributed by atoms with van der Waals surface area (Å²) < 4.78 is 5.39. The van der Waals surface area contributed by atoms with Gasteiger partial charge in [0.05, 0.1) is 0 Å². The molecule has 0 bridgehead atoms. The number of aliphatic carboxylic acids is 1. The molecule has 1 aromatic carbocycles. The van der Waals surface area contributed by atoms with Crippen LogP contribution < -0.4 is 0 Å². The molecule has 116 valence electrons. The van der Waals surface area contributed by atoms with Crippen molar-refractivity contribution in [3.63, 3.8) is 0 Å². The van der Waals surface area contributed by atoms with E-state index in [1.54, 1.807) is 12.1 Å². The molecule has 0 aliphatic carbocycles. The number of nitrogens with zero attached hydrogens (tertiary/aromatic N) is 1. The number of hydrogen-bond donors (Lipinski definition) is 1. The molecule has 0 saturated carbocycles. The summed E-state index contributed by atoms with van der Waals surface area (Å²) in [6, 6.07) is 12.9. The fourth-order valence-electron chi connectivity index (χ4n) is 2.03. The van der Waals surface area contributed by atoms with Crippen LogP contribution in [0.2, 0.25) is 0 Å². The van der Waals surface area contributed by atoms with Gasteiger partial charge < -0.3 is 14.4 Å². The summed E-state index contributed by atoms with van der Waals surface area (Å²) in [6.07, 6.45) is 2.44. The second-order valence-corrected chi connectivity index (χ2v) is 5.49. The third-order valence-corrected chi connectivity index (χ3v) is 3.74. The lowest BCUT2D eigenvalue weighted by Crippen LogP contribution is -2.37. The van der Waals surface area contributed by atoms with Gasteiger partial charge in [-0.25, -0.2) is 0 Å². The summed E-state index contributed by atoms with van der Waals surface area (Å²) in [5, 5.41) is 9.63. The number of thioether (sulfide) groups is 1. The molecular weight excluding hydrogens is 302 g/mol. The minimum atomic E-state index is -1.04. The Kier molecular flexibility index (Phi) is 5.66. The summed E-state index contributed by atoms with van der Waals surface area (Å²) >= 11 is 1.39. The molecule has 0 radical (unpaired) electrons. The van der Waals surface area contributed by atoms with E-state index in [0.717, 1.165) is 5.56 Å². The predicted octanol–water partition coefficient (Wildman–Crippen LogP) is 2.77. The lowest BCUT2D eigenvalue weighted by molar-refractivity contribution is -0.137. The van der Waals surface area contributed by atoms with Crippen molar-refractivity contribution < 1.29 is 19.1 Å². The number of benzene rings is 1. The molecule has 0 fully saturated rings. The highest BCUT2D eigenvalue weighted by molar-refractivity contribution is 7.98. The molecule has 0 aliphatic rings. The van der Waals surface area contributed by atoms with Gasteiger partial charge in [-0.1, -0.05) is 42.1 Å². The Balaban J connectivity index is 2.07. The highest BCUT2D eigenvalue weighted by Crippen LogP contribution is 2.19. The van der Waals surface area contributed by atoms with E-state index in [2.05, 4.69) is 0 Å². The van der Waals surface area contributed by atoms with Gasteiger partial charge in [0.1, 0.15) is 6.54 Å².